The van der Waals surface area contributed by atoms with Gasteiger partial charge in [-0.05, 0) is 64.0 Å². The predicted molar refractivity (Wildman–Crippen MR) is 80.3 cm³/mol. The first-order valence-electron chi connectivity index (χ1n) is 8.16. The Morgan fingerprint density at radius 1 is 1.26 bits per heavy atom. The number of likely N-dealkylation sites (N-methyl/N-ethyl adjacent to an activating group) is 1. The van der Waals surface area contributed by atoms with Gasteiger partial charge in [0.25, 0.3) is 0 Å². The van der Waals surface area contributed by atoms with E-state index >= 15 is 0 Å². The molecule has 0 aromatic rings. The Morgan fingerprint density at radius 2 is 2.00 bits per heavy atom. The lowest BCUT2D eigenvalue weighted by molar-refractivity contribution is 0.0678. The molecule has 2 unspecified atom stereocenters. The third-order valence-electron chi connectivity index (χ3n) is 6.14. The molecule has 0 amide bonds. The van der Waals surface area contributed by atoms with Crippen LogP contribution in [-0.2, 0) is 0 Å². The van der Waals surface area contributed by atoms with Crippen LogP contribution in [0.4, 0.5) is 0 Å². The van der Waals surface area contributed by atoms with Gasteiger partial charge in [0.15, 0.2) is 0 Å². The first-order valence-corrected chi connectivity index (χ1v) is 8.16. The zero-order valence-electron chi connectivity index (χ0n) is 13.0. The normalized spacial score (nSPS) is 35.7. The number of aliphatic hydroxyl groups is 1. The van der Waals surface area contributed by atoms with Crippen LogP contribution in [0.15, 0.2) is 0 Å². The highest BCUT2D eigenvalue weighted by molar-refractivity contribution is 4.99. The average molecular weight is 268 g/mol. The highest BCUT2D eigenvalue weighted by Gasteiger charge is 2.42. The molecule has 1 aliphatic carbocycles. The lowest BCUT2D eigenvalue weighted by Gasteiger charge is -2.43. The van der Waals surface area contributed by atoms with Gasteiger partial charge in [-0.2, -0.15) is 0 Å². The van der Waals surface area contributed by atoms with E-state index in [1.807, 2.05) is 7.05 Å². The highest BCUT2D eigenvalue weighted by Crippen LogP contribution is 2.41. The molecule has 2 aliphatic rings. The standard InChI is InChI=1S/C16H32N2O/c1-4-15(5-2)9-10-18(12-15)14-7-6-8-16(11-14,13-19)17-3/h14,17,19H,4-13H2,1-3H3. The molecule has 0 spiro atoms. The Balaban J connectivity index is 1.99. The summed E-state index contributed by atoms with van der Waals surface area (Å²) >= 11 is 0. The van der Waals surface area contributed by atoms with Crippen LogP contribution in [0.1, 0.15) is 58.8 Å². The summed E-state index contributed by atoms with van der Waals surface area (Å²) in [6.45, 7) is 7.51. The maximum atomic E-state index is 9.72. The summed E-state index contributed by atoms with van der Waals surface area (Å²) in [5, 5.41) is 13.1. The monoisotopic (exact) mass is 268 g/mol. The zero-order chi connectivity index (χ0) is 13.9. The second kappa shape index (κ2) is 6.11. The van der Waals surface area contributed by atoms with E-state index in [0.717, 1.165) is 12.8 Å². The number of nitrogens with one attached hydrogen (secondary N) is 1. The average Bonchev–Trinajstić information content (AvgIpc) is 2.92. The van der Waals surface area contributed by atoms with Crippen LogP contribution >= 0.6 is 0 Å². The maximum Gasteiger partial charge on any atom is 0.0613 e. The third kappa shape index (κ3) is 2.98. The summed E-state index contributed by atoms with van der Waals surface area (Å²) in [7, 11) is 2.00. The van der Waals surface area contributed by atoms with E-state index in [0.29, 0.717) is 11.5 Å². The van der Waals surface area contributed by atoms with Crippen LogP contribution in [0.5, 0.6) is 0 Å². The van der Waals surface area contributed by atoms with Crippen molar-refractivity contribution in [3.63, 3.8) is 0 Å². The predicted octanol–water partition coefficient (Wildman–Crippen LogP) is 2.39. The minimum Gasteiger partial charge on any atom is -0.394 e. The molecule has 2 atom stereocenters. The van der Waals surface area contributed by atoms with Crippen LogP contribution < -0.4 is 5.32 Å². The second-order valence-corrected chi connectivity index (χ2v) is 6.87. The van der Waals surface area contributed by atoms with Crippen molar-refractivity contribution in [3.8, 4) is 0 Å². The summed E-state index contributed by atoms with van der Waals surface area (Å²) < 4.78 is 0. The molecule has 2 rings (SSSR count). The molecule has 0 radical (unpaired) electrons. The largest absolute Gasteiger partial charge is 0.394 e. The number of nitrogens with zero attached hydrogens (tertiary/aromatic N) is 1. The SMILES string of the molecule is CCC1(CC)CCN(C2CCCC(CO)(NC)C2)C1. The first-order chi connectivity index (χ1) is 9.12. The van der Waals surface area contributed by atoms with Crippen molar-refractivity contribution in [1.82, 2.24) is 10.2 Å². The Kier molecular flexibility index (Phi) is 4.91. The van der Waals surface area contributed by atoms with Gasteiger partial charge in [-0.3, -0.25) is 4.90 Å². The first kappa shape index (κ1) is 15.3. The molecule has 1 aliphatic heterocycles. The van der Waals surface area contributed by atoms with Crippen LogP contribution in [0.2, 0.25) is 0 Å². The topological polar surface area (TPSA) is 35.5 Å². The fourth-order valence-electron chi connectivity index (χ4n) is 4.20. The van der Waals surface area contributed by atoms with E-state index < -0.39 is 0 Å². The van der Waals surface area contributed by atoms with E-state index in [-0.39, 0.29) is 12.1 Å². The van der Waals surface area contributed by atoms with E-state index in [1.165, 1.54) is 45.2 Å². The Hall–Kier alpha value is -0.120. The van der Waals surface area contributed by atoms with Crippen LogP contribution in [0, 0.1) is 5.41 Å². The lowest BCUT2D eigenvalue weighted by Crippen LogP contribution is -2.54. The van der Waals surface area contributed by atoms with Crippen molar-refractivity contribution in [2.45, 2.75) is 70.4 Å². The molecule has 112 valence electrons. The number of hydrogen-bond donors (Lipinski definition) is 2. The maximum absolute atomic E-state index is 9.72. The highest BCUT2D eigenvalue weighted by atomic mass is 16.3. The van der Waals surface area contributed by atoms with Crippen LogP contribution in [0.3, 0.4) is 0 Å². The fraction of sp³-hybridized carbons (Fsp3) is 1.00. The fourth-order valence-corrected chi connectivity index (χ4v) is 4.20. The third-order valence-corrected chi connectivity index (χ3v) is 6.14. The molecule has 0 bridgehead atoms. The van der Waals surface area contributed by atoms with Crippen molar-refractivity contribution in [1.29, 1.82) is 0 Å². The summed E-state index contributed by atoms with van der Waals surface area (Å²) in [6, 6.07) is 0.674. The van der Waals surface area contributed by atoms with Crippen molar-refractivity contribution in [2.75, 3.05) is 26.7 Å². The molecule has 2 N–H and O–H groups in total. The Labute approximate surface area is 118 Å². The molecule has 0 aromatic heterocycles. The van der Waals surface area contributed by atoms with Gasteiger partial charge >= 0.3 is 0 Å². The van der Waals surface area contributed by atoms with Gasteiger partial charge in [0.1, 0.15) is 0 Å². The molecule has 3 nitrogen and oxygen atoms in total. The van der Waals surface area contributed by atoms with Gasteiger partial charge in [-0.15, -0.1) is 0 Å². The molecular formula is C16H32N2O. The van der Waals surface area contributed by atoms with E-state index in [1.54, 1.807) is 0 Å². The smallest absolute Gasteiger partial charge is 0.0613 e. The lowest BCUT2D eigenvalue weighted by atomic mass is 9.78. The quantitative estimate of drug-likeness (QED) is 0.803. The molecule has 3 heteroatoms. The van der Waals surface area contributed by atoms with Gasteiger partial charge in [0.05, 0.1) is 6.61 Å². The van der Waals surface area contributed by atoms with E-state index in [9.17, 15) is 5.11 Å². The van der Waals surface area contributed by atoms with Gasteiger partial charge in [-0.1, -0.05) is 13.8 Å². The molecular weight excluding hydrogens is 236 g/mol. The summed E-state index contributed by atoms with van der Waals surface area (Å²) in [5.41, 5.74) is 0.547. The summed E-state index contributed by atoms with van der Waals surface area (Å²) in [6.07, 6.45) is 8.78. The molecule has 1 heterocycles. The van der Waals surface area contributed by atoms with Crippen molar-refractivity contribution >= 4 is 0 Å². The molecule has 0 aromatic carbocycles. The Morgan fingerprint density at radius 3 is 2.53 bits per heavy atom. The summed E-state index contributed by atoms with van der Waals surface area (Å²) in [5.74, 6) is 0. The molecule has 19 heavy (non-hydrogen) atoms. The minimum absolute atomic E-state index is 0.0212. The number of likely N-dealkylation sites (tertiary alicyclic amines) is 1. The van der Waals surface area contributed by atoms with Crippen LogP contribution in [0.25, 0.3) is 0 Å². The van der Waals surface area contributed by atoms with Gasteiger partial charge in [-0.25, -0.2) is 0 Å². The van der Waals surface area contributed by atoms with Crippen LogP contribution in [-0.4, -0.2) is 48.3 Å². The zero-order valence-corrected chi connectivity index (χ0v) is 13.0. The van der Waals surface area contributed by atoms with Crippen molar-refractivity contribution in [2.24, 2.45) is 5.41 Å². The molecule has 1 saturated heterocycles. The van der Waals surface area contributed by atoms with Crippen molar-refractivity contribution < 1.29 is 5.11 Å². The van der Waals surface area contributed by atoms with Gasteiger partial charge in [0, 0.05) is 18.1 Å². The van der Waals surface area contributed by atoms with Gasteiger partial charge in [0.2, 0.25) is 0 Å². The van der Waals surface area contributed by atoms with Crippen molar-refractivity contribution in [3.05, 3.63) is 0 Å². The number of aliphatic hydroxyl groups excluding tert-OH is 1. The van der Waals surface area contributed by atoms with E-state index in [4.69, 9.17) is 0 Å². The number of rotatable bonds is 5. The van der Waals surface area contributed by atoms with E-state index in [2.05, 4.69) is 24.1 Å². The molecule has 1 saturated carbocycles. The minimum atomic E-state index is -0.0212. The number of hydrogen-bond acceptors (Lipinski definition) is 3. The summed E-state index contributed by atoms with van der Waals surface area (Å²) in [4.78, 5) is 2.72. The molecule has 2 fully saturated rings. The van der Waals surface area contributed by atoms with Gasteiger partial charge < -0.3 is 10.4 Å². The second-order valence-electron chi connectivity index (χ2n) is 6.87. The Bertz CT molecular complexity index is 284.